The maximum Gasteiger partial charge on any atom is 0.0717 e. The van der Waals surface area contributed by atoms with Gasteiger partial charge in [-0.2, -0.15) is 0 Å². The van der Waals surface area contributed by atoms with Crippen molar-refractivity contribution in [3.05, 3.63) is 0 Å². The largest absolute Gasteiger partial charge is 0.381 e. The first-order chi connectivity index (χ1) is 6.33. The highest BCUT2D eigenvalue weighted by molar-refractivity contribution is 4.82. The summed E-state index contributed by atoms with van der Waals surface area (Å²) in [7, 11) is 0. The van der Waals surface area contributed by atoms with Crippen LogP contribution in [0, 0.1) is 0 Å². The fourth-order valence-corrected chi connectivity index (χ4v) is 2.02. The molecule has 1 fully saturated rings. The van der Waals surface area contributed by atoms with Gasteiger partial charge in [-0.1, -0.05) is 0 Å². The van der Waals surface area contributed by atoms with Crippen molar-refractivity contribution in [2.45, 2.75) is 38.2 Å². The van der Waals surface area contributed by atoms with Crippen LogP contribution < -0.4 is 5.73 Å². The fourth-order valence-electron chi connectivity index (χ4n) is 2.02. The van der Waals surface area contributed by atoms with Gasteiger partial charge >= 0.3 is 0 Å². The SMILES string of the molecule is CCOC1(CCN)CCCOCC1. The van der Waals surface area contributed by atoms with Crippen molar-refractivity contribution in [1.29, 1.82) is 0 Å². The molecule has 78 valence electrons. The lowest BCUT2D eigenvalue weighted by atomic mass is 9.91. The van der Waals surface area contributed by atoms with Crippen LogP contribution in [0.4, 0.5) is 0 Å². The van der Waals surface area contributed by atoms with E-state index in [-0.39, 0.29) is 5.60 Å². The standard InChI is InChI=1S/C10H21NO2/c1-2-13-10(5-7-11)4-3-8-12-9-6-10/h2-9,11H2,1H3. The fraction of sp³-hybridized carbons (Fsp3) is 1.00. The molecule has 1 atom stereocenters. The van der Waals surface area contributed by atoms with Crippen molar-refractivity contribution < 1.29 is 9.47 Å². The van der Waals surface area contributed by atoms with E-state index in [1.165, 1.54) is 0 Å². The maximum atomic E-state index is 5.83. The molecular formula is C10H21NO2. The van der Waals surface area contributed by atoms with Gasteiger partial charge in [0, 0.05) is 19.8 Å². The lowest BCUT2D eigenvalue weighted by Crippen LogP contribution is -2.35. The molecule has 0 aromatic heterocycles. The van der Waals surface area contributed by atoms with Gasteiger partial charge in [0.1, 0.15) is 0 Å². The van der Waals surface area contributed by atoms with Gasteiger partial charge in [0.2, 0.25) is 0 Å². The molecule has 0 aromatic carbocycles. The number of nitrogens with two attached hydrogens (primary N) is 1. The third-order valence-electron chi connectivity index (χ3n) is 2.67. The lowest BCUT2D eigenvalue weighted by molar-refractivity contribution is -0.0567. The van der Waals surface area contributed by atoms with E-state index in [2.05, 4.69) is 0 Å². The summed E-state index contributed by atoms with van der Waals surface area (Å²) < 4.78 is 11.3. The predicted molar refractivity (Wildman–Crippen MR) is 52.7 cm³/mol. The molecule has 1 heterocycles. The first-order valence-corrected chi connectivity index (χ1v) is 5.25. The van der Waals surface area contributed by atoms with Crippen LogP contribution in [0.25, 0.3) is 0 Å². The molecule has 2 N–H and O–H groups in total. The van der Waals surface area contributed by atoms with Crippen LogP contribution in [0.1, 0.15) is 32.6 Å². The van der Waals surface area contributed by atoms with E-state index in [9.17, 15) is 0 Å². The molecule has 3 nitrogen and oxygen atoms in total. The highest BCUT2D eigenvalue weighted by Crippen LogP contribution is 2.28. The number of hydrogen-bond acceptors (Lipinski definition) is 3. The van der Waals surface area contributed by atoms with Crippen LogP contribution in [-0.4, -0.2) is 32.0 Å². The minimum atomic E-state index is 0.0139. The van der Waals surface area contributed by atoms with Gasteiger partial charge in [-0.05, 0) is 39.2 Å². The molecule has 3 heteroatoms. The Bertz CT molecular complexity index is 123. The van der Waals surface area contributed by atoms with Crippen LogP contribution in [-0.2, 0) is 9.47 Å². The normalized spacial score (nSPS) is 30.0. The van der Waals surface area contributed by atoms with Gasteiger partial charge in [0.25, 0.3) is 0 Å². The molecule has 1 saturated heterocycles. The summed E-state index contributed by atoms with van der Waals surface area (Å²) in [6, 6.07) is 0. The molecule has 1 aliphatic heterocycles. The lowest BCUT2D eigenvalue weighted by Gasteiger charge is -2.31. The van der Waals surface area contributed by atoms with Crippen molar-refractivity contribution in [2.75, 3.05) is 26.4 Å². The molecular weight excluding hydrogens is 166 g/mol. The van der Waals surface area contributed by atoms with Crippen LogP contribution >= 0.6 is 0 Å². The monoisotopic (exact) mass is 187 g/mol. The van der Waals surface area contributed by atoms with Gasteiger partial charge in [-0.15, -0.1) is 0 Å². The minimum absolute atomic E-state index is 0.0139. The van der Waals surface area contributed by atoms with E-state index in [4.69, 9.17) is 15.2 Å². The first-order valence-electron chi connectivity index (χ1n) is 5.25. The number of ether oxygens (including phenoxy) is 2. The van der Waals surface area contributed by atoms with Crippen LogP contribution in [0.5, 0.6) is 0 Å². The molecule has 0 aliphatic carbocycles. The summed E-state index contributed by atoms with van der Waals surface area (Å²) in [4.78, 5) is 0. The Balaban J connectivity index is 2.50. The van der Waals surface area contributed by atoms with E-state index >= 15 is 0 Å². The molecule has 1 unspecified atom stereocenters. The Morgan fingerprint density at radius 2 is 2.23 bits per heavy atom. The average Bonchev–Trinajstić information content (AvgIpc) is 2.32. The molecule has 0 aromatic rings. The molecule has 13 heavy (non-hydrogen) atoms. The smallest absolute Gasteiger partial charge is 0.0717 e. The number of hydrogen-bond donors (Lipinski definition) is 1. The van der Waals surface area contributed by atoms with E-state index in [1.807, 2.05) is 6.92 Å². The zero-order chi connectivity index (χ0) is 9.57. The van der Waals surface area contributed by atoms with Gasteiger partial charge in [0.15, 0.2) is 0 Å². The summed E-state index contributed by atoms with van der Waals surface area (Å²) >= 11 is 0. The third-order valence-corrected chi connectivity index (χ3v) is 2.67. The second-order valence-electron chi connectivity index (χ2n) is 3.62. The Morgan fingerprint density at radius 3 is 2.92 bits per heavy atom. The maximum absolute atomic E-state index is 5.83. The summed E-state index contributed by atoms with van der Waals surface area (Å²) in [5, 5.41) is 0. The molecule has 1 rings (SSSR count). The topological polar surface area (TPSA) is 44.5 Å². The van der Waals surface area contributed by atoms with Crippen LogP contribution in [0.3, 0.4) is 0 Å². The Hall–Kier alpha value is -0.120. The van der Waals surface area contributed by atoms with Crippen molar-refractivity contribution in [2.24, 2.45) is 5.73 Å². The Kier molecular flexibility index (Phi) is 4.70. The van der Waals surface area contributed by atoms with Crippen molar-refractivity contribution in [1.82, 2.24) is 0 Å². The summed E-state index contributed by atoms with van der Waals surface area (Å²) in [5.74, 6) is 0. The molecule has 0 radical (unpaired) electrons. The first kappa shape index (κ1) is 11.0. The Labute approximate surface area is 80.6 Å². The summed E-state index contributed by atoms with van der Waals surface area (Å²) in [5.41, 5.74) is 5.62. The molecule has 0 spiro atoms. The van der Waals surface area contributed by atoms with Crippen LogP contribution in [0.15, 0.2) is 0 Å². The van der Waals surface area contributed by atoms with Crippen LogP contribution in [0.2, 0.25) is 0 Å². The molecule has 0 bridgehead atoms. The zero-order valence-electron chi connectivity index (χ0n) is 8.55. The summed E-state index contributed by atoms with van der Waals surface area (Å²) in [6.07, 6.45) is 4.15. The molecule has 0 saturated carbocycles. The van der Waals surface area contributed by atoms with E-state index in [1.54, 1.807) is 0 Å². The van der Waals surface area contributed by atoms with Crippen molar-refractivity contribution in [3.63, 3.8) is 0 Å². The highest BCUT2D eigenvalue weighted by Gasteiger charge is 2.30. The zero-order valence-corrected chi connectivity index (χ0v) is 8.55. The quantitative estimate of drug-likeness (QED) is 0.721. The molecule has 1 aliphatic rings. The average molecular weight is 187 g/mol. The van der Waals surface area contributed by atoms with Gasteiger partial charge in [-0.25, -0.2) is 0 Å². The van der Waals surface area contributed by atoms with Gasteiger partial charge in [0.05, 0.1) is 5.60 Å². The van der Waals surface area contributed by atoms with E-state index in [0.717, 1.165) is 45.5 Å². The second-order valence-corrected chi connectivity index (χ2v) is 3.62. The van der Waals surface area contributed by atoms with Gasteiger partial charge in [-0.3, -0.25) is 0 Å². The molecule has 0 amide bonds. The Morgan fingerprint density at radius 1 is 1.38 bits per heavy atom. The predicted octanol–water partition coefficient (Wildman–Crippen LogP) is 1.31. The summed E-state index contributed by atoms with van der Waals surface area (Å²) in [6.45, 7) is 5.23. The van der Waals surface area contributed by atoms with Gasteiger partial charge < -0.3 is 15.2 Å². The third kappa shape index (κ3) is 3.25. The number of rotatable bonds is 4. The van der Waals surface area contributed by atoms with Crippen molar-refractivity contribution >= 4 is 0 Å². The second kappa shape index (κ2) is 5.58. The van der Waals surface area contributed by atoms with Crippen molar-refractivity contribution in [3.8, 4) is 0 Å². The highest BCUT2D eigenvalue weighted by atomic mass is 16.5. The van der Waals surface area contributed by atoms with E-state index < -0.39 is 0 Å². The van der Waals surface area contributed by atoms with E-state index in [0.29, 0.717) is 6.54 Å². The minimum Gasteiger partial charge on any atom is -0.381 e.